The number of hydrogen-bond acceptors (Lipinski definition) is 5. The number of hydrogen-bond donors (Lipinski definition) is 1. The van der Waals surface area contributed by atoms with Crippen molar-refractivity contribution in [2.24, 2.45) is 11.7 Å². The number of ether oxygens (including phenoxy) is 1. The van der Waals surface area contributed by atoms with Crippen LogP contribution in [-0.2, 0) is 19.4 Å². The van der Waals surface area contributed by atoms with Crippen molar-refractivity contribution in [3.8, 4) is 0 Å². The Balaban J connectivity index is 2.39. The highest BCUT2D eigenvalue weighted by molar-refractivity contribution is 7.90. The Morgan fingerprint density at radius 3 is 2.56 bits per heavy atom. The summed E-state index contributed by atoms with van der Waals surface area (Å²) in [5.74, 6) is -0.189. The van der Waals surface area contributed by atoms with Crippen LogP contribution in [0.3, 0.4) is 0 Å². The third-order valence-corrected chi connectivity index (χ3v) is 4.38. The van der Waals surface area contributed by atoms with Crippen LogP contribution in [0.25, 0.3) is 0 Å². The van der Waals surface area contributed by atoms with Crippen LogP contribution in [0.4, 0.5) is 0 Å². The number of esters is 1. The molecule has 0 aliphatic heterocycles. The molecule has 3 atom stereocenters. The van der Waals surface area contributed by atoms with E-state index in [2.05, 4.69) is 6.92 Å². The van der Waals surface area contributed by atoms with Crippen molar-refractivity contribution in [2.45, 2.75) is 51.2 Å². The average Bonchev–Trinajstić information content (AvgIpc) is 2.28. The molecule has 3 unspecified atom stereocenters. The molecule has 2 N–H and O–H groups in total. The van der Waals surface area contributed by atoms with E-state index in [-0.39, 0.29) is 18.3 Å². The molecule has 0 amide bonds. The van der Waals surface area contributed by atoms with Crippen molar-refractivity contribution in [3.63, 3.8) is 0 Å². The van der Waals surface area contributed by atoms with Gasteiger partial charge in [-0.3, -0.25) is 4.79 Å². The predicted octanol–water partition coefficient (Wildman–Crippen LogP) is 0.870. The Labute approximate surface area is 109 Å². The van der Waals surface area contributed by atoms with Gasteiger partial charge in [0.1, 0.15) is 22.0 Å². The molecule has 1 fully saturated rings. The molecular weight excluding hydrogens is 254 g/mol. The maximum absolute atomic E-state index is 11.7. The van der Waals surface area contributed by atoms with E-state index in [1.165, 1.54) is 6.42 Å². The third kappa shape index (κ3) is 5.35. The molecule has 1 aliphatic carbocycles. The van der Waals surface area contributed by atoms with Gasteiger partial charge in [-0.1, -0.05) is 13.3 Å². The van der Waals surface area contributed by atoms with Gasteiger partial charge in [0.05, 0.1) is 5.75 Å². The SMILES string of the molecule is CC1CCCCC1OC(=O)C(N)CCS(C)(=O)=O. The van der Waals surface area contributed by atoms with Crippen molar-refractivity contribution in [2.75, 3.05) is 12.0 Å². The van der Waals surface area contributed by atoms with Gasteiger partial charge in [0, 0.05) is 6.26 Å². The zero-order valence-corrected chi connectivity index (χ0v) is 11.9. The molecule has 0 radical (unpaired) electrons. The number of carbonyl (C=O) groups excluding carboxylic acids is 1. The van der Waals surface area contributed by atoms with Gasteiger partial charge in [-0.2, -0.15) is 0 Å². The fraction of sp³-hybridized carbons (Fsp3) is 0.917. The van der Waals surface area contributed by atoms with Gasteiger partial charge in [0.25, 0.3) is 0 Å². The van der Waals surface area contributed by atoms with E-state index < -0.39 is 21.8 Å². The van der Waals surface area contributed by atoms with E-state index >= 15 is 0 Å². The Hall–Kier alpha value is -0.620. The smallest absolute Gasteiger partial charge is 0.323 e. The lowest BCUT2D eigenvalue weighted by Gasteiger charge is -2.29. The largest absolute Gasteiger partial charge is 0.461 e. The normalized spacial score (nSPS) is 26.6. The first-order chi connectivity index (χ1) is 8.29. The Bertz CT molecular complexity index is 380. The summed E-state index contributed by atoms with van der Waals surface area (Å²) in [4.78, 5) is 11.7. The molecule has 1 rings (SSSR count). The highest BCUT2D eigenvalue weighted by atomic mass is 32.2. The van der Waals surface area contributed by atoms with E-state index in [1.54, 1.807) is 0 Å². The molecule has 1 aliphatic rings. The standard InChI is InChI=1S/C12H23NO4S/c1-9-5-3-4-6-11(9)17-12(14)10(13)7-8-18(2,15)16/h9-11H,3-8,13H2,1-2H3. The zero-order chi connectivity index (χ0) is 13.8. The second-order valence-corrected chi connectivity index (χ2v) is 7.52. The van der Waals surface area contributed by atoms with Gasteiger partial charge in [0.2, 0.25) is 0 Å². The Morgan fingerprint density at radius 1 is 1.39 bits per heavy atom. The fourth-order valence-corrected chi connectivity index (χ4v) is 2.83. The summed E-state index contributed by atoms with van der Waals surface area (Å²) >= 11 is 0. The predicted molar refractivity (Wildman–Crippen MR) is 69.8 cm³/mol. The first-order valence-corrected chi connectivity index (χ1v) is 8.49. The second-order valence-electron chi connectivity index (χ2n) is 5.26. The highest BCUT2D eigenvalue weighted by Crippen LogP contribution is 2.26. The van der Waals surface area contributed by atoms with Gasteiger partial charge >= 0.3 is 5.97 Å². The summed E-state index contributed by atoms with van der Waals surface area (Å²) in [5, 5.41) is 0. The summed E-state index contributed by atoms with van der Waals surface area (Å²) in [6, 6.07) is -0.839. The lowest BCUT2D eigenvalue weighted by Crippen LogP contribution is -2.38. The van der Waals surface area contributed by atoms with Gasteiger partial charge < -0.3 is 10.5 Å². The maximum atomic E-state index is 11.7. The second kappa shape index (κ2) is 6.52. The first-order valence-electron chi connectivity index (χ1n) is 6.43. The quantitative estimate of drug-likeness (QED) is 0.753. The molecule has 18 heavy (non-hydrogen) atoms. The van der Waals surface area contributed by atoms with Crippen LogP contribution in [0.15, 0.2) is 0 Å². The van der Waals surface area contributed by atoms with Crippen LogP contribution in [0.1, 0.15) is 39.0 Å². The van der Waals surface area contributed by atoms with Crippen LogP contribution in [0.2, 0.25) is 0 Å². The minimum absolute atomic E-state index is 0.0597. The van der Waals surface area contributed by atoms with E-state index in [0.29, 0.717) is 5.92 Å². The molecule has 0 aromatic rings. The van der Waals surface area contributed by atoms with Crippen molar-refractivity contribution < 1.29 is 17.9 Å². The number of rotatable bonds is 5. The van der Waals surface area contributed by atoms with Crippen LogP contribution < -0.4 is 5.73 Å². The molecule has 0 aromatic heterocycles. The van der Waals surface area contributed by atoms with Gasteiger partial charge in [0.15, 0.2) is 0 Å². The summed E-state index contributed by atoms with van der Waals surface area (Å²) < 4.78 is 27.4. The number of carbonyl (C=O) groups is 1. The van der Waals surface area contributed by atoms with Gasteiger partial charge in [-0.25, -0.2) is 8.42 Å². The Morgan fingerprint density at radius 2 is 2.00 bits per heavy atom. The summed E-state index contributed by atoms with van der Waals surface area (Å²) in [7, 11) is -3.08. The molecule has 5 nitrogen and oxygen atoms in total. The lowest BCUT2D eigenvalue weighted by molar-refractivity contribution is -0.154. The average molecular weight is 277 g/mol. The number of sulfone groups is 1. The monoisotopic (exact) mass is 277 g/mol. The fourth-order valence-electron chi connectivity index (χ4n) is 2.15. The molecule has 0 bridgehead atoms. The zero-order valence-electron chi connectivity index (χ0n) is 11.1. The van der Waals surface area contributed by atoms with Crippen molar-refractivity contribution >= 4 is 15.8 Å². The van der Waals surface area contributed by atoms with Crippen LogP contribution in [0, 0.1) is 5.92 Å². The van der Waals surface area contributed by atoms with E-state index in [9.17, 15) is 13.2 Å². The lowest BCUT2D eigenvalue weighted by atomic mass is 9.88. The minimum atomic E-state index is -3.08. The van der Waals surface area contributed by atoms with E-state index in [1.807, 2.05) is 0 Å². The molecule has 6 heteroatoms. The van der Waals surface area contributed by atoms with E-state index in [4.69, 9.17) is 10.5 Å². The Kier molecular flexibility index (Phi) is 5.59. The molecule has 0 spiro atoms. The highest BCUT2D eigenvalue weighted by Gasteiger charge is 2.27. The van der Waals surface area contributed by atoms with Crippen molar-refractivity contribution in [3.05, 3.63) is 0 Å². The molecular formula is C12H23NO4S. The summed E-state index contributed by atoms with van der Waals surface area (Å²) in [6.07, 6.45) is 5.39. The van der Waals surface area contributed by atoms with E-state index in [0.717, 1.165) is 25.5 Å². The number of nitrogens with two attached hydrogens (primary N) is 1. The molecule has 0 heterocycles. The summed E-state index contributed by atoms with van der Waals surface area (Å²) in [5.41, 5.74) is 5.65. The van der Waals surface area contributed by atoms with Crippen molar-refractivity contribution in [1.29, 1.82) is 0 Å². The van der Waals surface area contributed by atoms with Crippen LogP contribution >= 0.6 is 0 Å². The maximum Gasteiger partial charge on any atom is 0.323 e. The van der Waals surface area contributed by atoms with Crippen LogP contribution in [-0.4, -0.2) is 38.5 Å². The van der Waals surface area contributed by atoms with Crippen molar-refractivity contribution in [1.82, 2.24) is 0 Å². The minimum Gasteiger partial charge on any atom is -0.461 e. The third-order valence-electron chi connectivity index (χ3n) is 3.40. The topological polar surface area (TPSA) is 86.5 Å². The first kappa shape index (κ1) is 15.4. The molecule has 106 valence electrons. The van der Waals surface area contributed by atoms with Gasteiger partial charge in [-0.15, -0.1) is 0 Å². The van der Waals surface area contributed by atoms with Crippen LogP contribution in [0.5, 0.6) is 0 Å². The summed E-state index contributed by atoms with van der Waals surface area (Å²) in [6.45, 7) is 2.07. The molecule has 0 aromatic carbocycles. The van der Waals surface area contributed by atoms with Gasteiger partial charge in [-0.05, 0) is 31.6 Å². The molecule has 1 saturated carbocycles. The molecule has 0 saturated heterocycles.